The topological polar surface area (TPSA) is 98.2 Å². The minimum atomic E-state index is -0.398. The summed E-state index contributed by atoms with van der Waals surface area (Å²) >= 11 is 0. The number of amides is 2. The van der Waals surface area contributed by atoms with Crippen LogP contribution in [0.15, 0.2) is 0 Å². The molecule has 0 aliphatic rings. The van der Waals surface area contributed by atoms with E-state index in [1.807, 2.05) is 13.8 Å². The van der Waals surface area contributed by atoms with Gasteiger partial charge in [0.25, 0.3) is 0 Å². The number of carbonyl (C=O) groups is 2. The van der Waals surface area contributed by atoms with Gasteiger partial charge in [0.05, 0.1) is 0 Å². The first kappa shape index (κ1) is 14.9. The van der Waals surface area contributed by atoms with E-state index in [-0.39, 0.29) is 24.3 Å². The van der Waals surface area contributed by atoms with Crippen LogP contribution in [0.5, 0.6) is 0 Å². The van der Waals surface area contributed by atoms with Crippen molar-refractivity contribution in [3.8, 4) is 0 Å². The molecule has 0 spiro atoms. The Morgan fingerprint density at radius 1 is 1.25 bits per heavy atom. The van der Waals surface area contributed by atoms with Gasteiger partial charge < -0.3 is 16.8 Å². The fraction of sp³-hybridized carbons (Fsp3) is 0.818. The number of nitrogens with two attached hydrogens (primary N) is 2. The van der Waals surface area contributed by atoms with Gasteiger partial charge in [0, 0.05) is 24.9 Å². The van der Waals surface area contributed by atoms with Crippen molar-refractivity contribution in [1.29, 1.82) is 0 Å². The van der Waals surface area contributed by atoms with Crippen LogP contribution >= 0.6 is 0 Å². The lowest BCUT2D eigenvalue weighted by atomic mass is 10.0. The van der Waals surface area contributed by atoms with Gasteiger partial charge in [-0.05, 0) is 19.8 Å². The zero-order valence-corrected chi connectivity index (χ0v) is 10.2. The van der Waals surface area contributed by atoms with Crippen molar-refractivity contribution in [1.82, 2.24) is 5.32 Å². The van der Waals surface area contributed by atoms with Crippen molar-refractivity contribution in [2.75, 3.05) is 6.54 Å². The molecule has 0 saturated heterocycles. The molecule has 5 N–H and O–H groups in total. The van der Waals surface area contributed by atoms with Gasteiger partial charge >= 0.3 is 0 Å². The molecule has 0 aromatic rings. The second kappa shape index (κ2) is 8.10. The largest absolute Gasteiger partial charge is 0.370 e. The summed E-state index contributed by atoms with van der Waals surface area (Å²) in [6.45, 7) is 4.16. The maximum atomic E-state index is 11.5. The molecule has 16 heavy (non-hydrogen) atoms. The first-order chi connectivity index (χ1) is 7.43. The number of hydrogen-bond acceptors (Lipinski definition) is 3. The Hall–Kier alpha value is -1.10. The summed E-state index contributed by atoms with van der Waals surface area (Å²) < 4.78 is 0. The fourth-order valence-corrected chi connectivity index (χ4v) is 1.36. The third-order valence-electron chi connectivity index (χ3n) is 2.41. The highest BCUT2D eigenvalue weighted by atomic mass is 16.2. The van der Waals surface area contributed by atoms with E-state index in [1.165, 1.54) is 0 Å². The minimum Gasteiger partial charge on any atom is -0.370 e. The summed E-state index contributed by atoms with van der Waals surface area (Å²) in [7, 11) is 0. The molecule has 0 aromatic heterocycles. The Balaban J connectivity index is 3.61. The summed E-state index contributed by atoms with van der Waals surface area (Å²) in [5.41, 5.74) is 10.6. The first-order valence-corrected chi connectivity index (χ1v) is 5.75. The molecule has 0 rings (SSSR count). The molecule has 0 heterocycles. The maximum Gasteiger partial charge on any atom is 0.222 e. The van der Waals surface area contributed by atoms with Gasteiger partial charge in [-0.15, -0.1) is 0 Å². The van der Waals surface area contributed by atoms with Gasteiger partial charge in [-0.3, -0.25) is 9.59 Å². The molecule has 0 radical (unpaired) electrons. The zero-order valence-electron chi connectivity index (χ0n) is 10.2. The number of rotatable bonds is 8. The van der Waals surface area contributed by atoms with Crippen LogP contribution in [-0.4, -0.2) is 24.4 Å². The van der Waals surface area contributed by atoms with E-state index in [0.717, 1.165) is 19.3 Å². The van der Waals surface area contributed by atoms with Crippen molar-refractivity contribution >= 4 is 11.8 Å². The molecule has 0 aliphatic heterocycles. The highest BCUT2D eigenvalue weighted by Gasteiger charge is 2.12. The highest BCUT2D eigenvalue weighted by molar-refractivity contribution is 5.79. The highest BCUT2D eigenvalue weighted by Crippen LogP contribution is 2.08. The van der Waals surface area contributed by atoms with Crippen molar-refractivity contribution < 1.29 is 9.59 Å². The van der Waals surface area contributed by atoms with Crippen LogP contribution in [0.1, 0.15) is 39.5 Å². The molecule has 0 aromatic carbocycles. The fourth-order valence-electron chi connectivity index (χ4n) is 1.36. The summed E-state index contributed by atoms with van der Waals surface area (Å²) in [5.74, 6) is -0.456. The molecule has 94 valence electrons. The van der Waals surface area contributed by atoms with Crippen molar-refractivity contribution in [2.24, 2.45) is 17.4 Å². The molecule has 5 heteroatoms. The van der Waals surface area contributed by atoms with E-state index in [4.69, 9.17) is 11.5 Å². The first-order valence-electron chi connectivity index (χ1n) is 5.75. The summed E-state index contributed by atoms with van der Waals surface area (Å²) in [6.07, 6.45) is 2.89. The minimum absolute atomic E-state index is 0.0223. The predicted octanol–water partition coefficient (Wildman–Crippen LogP) is 0.132. The maximum absolute atomic E-state index is 11.5. The second-order valence-electron chi connectivity index (χ2n) is 4.32. The lowest BCUT2D eigenvalue weighted by Gasteiger charge is -2.12. The van der Waals surface area contributed by atoms with E-state index in [2.05, 4.69) is 5.32 Å². The molecule has 2 unspecified atom stereocenters. The van der Waals surface area contributed by atoms with Crippen LogP contribution in [0, 0.1) is 5.92 Å². The van der Waals surface area contributed by atoms with E-state index in [1.54, 1.807) is 0 Å². The lowest BCUT2D eigenvalue weighted by Crippen LogP contribution is -2.32. The molecular formula is C11H23N3O2. The van der Waals surface area contributed by atoms with Gasteiger partial charge in [-0.25, -0.2) is 0 Å². The SMILES string of the molecule is CC(N)CCCC(C)C(=O)NCCC(N)=O. The van der Waals surface area contributed by atoms with E-state index >= 15 is 0 Å². The molecule has 2 atom stereocenters. The second-order valence-corrected chi connectivity index (χ2v) is 4.32. The Morgan fingerprint density at radius 3 is 2.38 bits per heavy atom. The Morgan fingerprint density at radius 2 is 1.88 bits per heavy atom. The Bertz CT molecular complexity index is 229. The zero-order chi connectivity index (χ0) is 12.6. The van der Waals surface area contributed by atoms with Crippen LogP contribution in [0.2, 0.25) is 0 Å². The average molecular weight is 229 g/mol. The van der Waals surface area contributed by atoms with E-state index < -0.39 is 5.91 Å². The molecule has 2 amide bonds. The van der Waals surface area contributed by atoms with Crippen LogP contribution < -0.4 is 16.8 Å². The smallest absolute Gasteiger partial charge is 0.222 e. The third-order valence-corrected chi connectivity index (χ3v) is 2.41. The third kappa shape index (κ3) is 8.23. The number of hydrogen-bond donors (Lipinski definition) is 3. The summed E-state index contributed by atoms with van der Waals surface area (Å²) in [5, 5.41) is 2.68. The van der Waals surface area contributed by atoms with Crippen LogP contribution in [0.3, 0.4) is 0 Å². The molecule has 0 saturated carbocycles. The van der Waals surface area contributed by atoms with Crippen molar-refractivity contribution in [3.05, 3.63) is 0 Å². The molecule has 0 fully saturated rings. The van der Waals surface area contributed by atoms with Gasteiger partial charge in [0.2, 0.25) is 11.8 Å². The molecule has 0 bridgehead atoms. The van der Waals surface area contributed by atoms with Gasteiger partial charge in [0.1, 0.15) is 0 Å². The average Bonchev–Trinajstić information content (AvgIpc) is 2.16. The molecular weight excluding hydrogens is 206 g/mol. The van der Waals surface area contributed by atoms with E-state index in [9.17, 15) is 9.59 Å². The number of nitrogens with one attached hydrogen (secondary N) is 1. The molecule has 0 aliphatic carbocycles. The van der Waals surface area contributed by atoms with Gasteiger partial charge in [0.15, 0.2) is 0 Å². The Labute approximate surface area is 96.9 Å². The van der Waals surface area contributed by atoms with Crippen LogP contribution in [0.4, 0.5) is 0 Å². The van der Waals surface area contributed by atoms with Crippen molar-refractivity contribution in [2.45, 2.75) is 45.6 Å². The lowest BCUT2D eigenvalue weighted by molar-refractivity contribution is -0.124. The van der Waals surface area contributed by atoms with Gasteiger partial charge in [-0.1, -0.05) is 13.3 Å². The predicted molar refractivity (Wildman–Crippen MR) is 63.5 cm³/mol. The van der Waals surface area contributed by atoms with Crippen LogP contribution in [-0.2, 0) is 9.59 Å². The van der Waals surface area contributed by atoms with Crippen LogP contribution in [0.25, 0.3) is 0 Å². The number of primary amides is 1. The quantitative estimate of drug-likeness (QED) is 0.551. The number of carbonyl (C=O) groups excluding carboxylic acids is 2. The Kier molecular flexibility index (Phi) is 7.54. The van der Waals surface area contributed by atoms with Crippen molar-refractivity contribution in [3.63, 3.8) is 0 Å². The van der Waals surface area contributed by atoms with Gasteiger partial charge in [-0.2, -0.15) is 0 Å². The summed E-state index contributed by atoms with van der Waals surface area (Å²) in [4.78, 5) is 22.0. The standard InChI is InChI=1S/C11H23N3O2/c1-8(4-3-5-9(2)12)11(16)14-7-6-10(13)15/h8-9H,3-7,12H2,1-2H3,(H2,13,15)(H,14,16). The monoisotopic (exact) mass is 229 g/mol. The van der Waals surface area contributed by atoms with E-state index in [0.29, 0.717) is 6.54 Å². The normalized spacial score (nSPS) is 14.2. The summed E-state index contributed by atoms with van der Waals surface area (Å²) in [6, 6.07) is 0.185. The molecule has 5 nitrogen and oxygen atoms in total.